The molecule has 20 heavy (non-hydrogen) atoms. The van der Waals surface area contributed by atoms with Crippen LogP contribution in [-0.2, 0) is 11.3 Å². The molecule has 1 aromatic heterocycles. The van der Waals surface area contributed by atoms with E-state index in [1.165, 1.54) is 18.5 Å². The van der Waals surface area contributed by atoms with Gasteiger partial charge in [0.05, 0.1) is 24.6 Å². The van der Waals surface area contributed by atoms with Gasteiger partial charge in [0.15, 0.2) is 0 Å². The Labute approximate surface area is 120 Å². The molecule has 2 fully saturated rings. The van der Waals surface area contributed by atoms with E-state index in [1.807, 2.05) is 0 Å². The fourth-order valence-electron chi connectivity index (χ4n) is 2.52. The van der Waals surface area contributed by atoms with Gasteiger partial charge in [-0.15, -0.1) is 0 Å². The van der Waals surface area contributed by atoms with Crippen molar-refractivity contribution in [1.82, 2.24) is 9.88 Å². The van der Waals surface area contributed by atoms with Crippen LogP contribution in [0.1, 0.15) is 18.5 Å². The molecule has 0 atom stereocenters. The van der Waals surface area contributed by atoms with E-state index in [0.29, 0.717) is 6.04 Å². The lowest BCUT2D eigenvalue weighted by Crippen LogP contribution is -2.37. The molecule has 5 nitrogen and oxygen atoms in total. The maximum Gasteiger partial charge on any atom is 0.126 e. The Morgan fingerprint density at radius 1 is 1.30 bits per heavy atom. The highest BCUT2D eigenvalue weighted by atomic mass is 16.5. The fourth-order valence-corrected chi connectivity index (χ4v) is 2.52. The second-order valence-electron chi connectivity index (χ2n) is 5.92. The van der Waals surface area contributed by atoms with Gasteiger partial charge in [0.1, 0.15) is 5.82 Å². The van der Waals surface area contributed by atoms with Crippen LogP contribution in [0, 0.1) is 0 Å². The average Bonchev–Trinajstić information content (AvgIpc) is 3.23. The van der Waals surface area contributed by atoms with Gasteiger partial charge in [-0.05, 0) is 39.1 Å². The minimum absolute atomic E-state index is 0.643. The summed E-state index contributed by atoms with van der Waals surface area (Å²) in [6.45, 7) is 4.40. The molecule has 1 aliphatic carbocycles. The molecule has 1 N–H and O–H groups in total. The number of rotatable bonds is 5. The monoisotopic (exact) mass is 276 g/mol. The molecule has 2 heterocycles. The van der Waals surface area contributed by atoms with Crippen molar-refractivity contribution in [3.05, 3.63) is 17.8 Å². The molecular formula is C15H24N4O. The van der Waals surface area contributed by atoms with Gasteiger partial charge in [-0.2, -0.15) is 0 Å². The van der Waals surface area contributed by atoms with E-state index in [1.54, 1.807) is 0 Å². The van der Waals surface area contributed by atoms with Gasteiger partial charge in [-0.25, -0.2) is 4.98 Å². The number of aromatic nitrogens is 1. The minimum Gasteiger partial charge on any atom is -0.378 e. The van der Waals surface area contributed by atoms with E-state index in [2.05, 4.69) is 41.3 Å². The Kier molecular flexibility index (Phi) is 4.08. The second-order valence-corrected chi connectivity index (χ2v) is 5.92. The standard InChI is InChI=1S/C15H24N4O/c1-18(2)11-13-14(19-7-9-20-10-8-19)5-6-15(17-13)16-12-3-4-12/h5-6,12H,3-4,7-11H2,1-2H3,(H,16,17). The topological polar surface area (TPSA) is 40.6 Å². The summed E-state index contributed by atoms with van der Waals surface area (Å²) < 4.78 is 5.44. The lowest BCUT2D eigenvalue weighted by Gasteiger charge is -2.31. The molecule has 0 amide bonds. The molecule has 2 aliphatic rings. The number of morpholine rings is 1. The molecule has 0 bridgehead atoms. The van der Waals surface area contributed by atoms with Crippen molar-refractivity contribution in [1.29, 1.82) is 0 Å². The molecule has 0 radical (unpaired) electrons. The van der Waals surface area contributed by atoms with Gasteiger partial charge in [-0.3, -0.25) is 0 Å². The molecule has 0 aromatic carbocycles. The molecular weight excluding hydrogens is 252 g/mol. The first-order chi connectivity index (χ1) is 9.72. The van der Waals surface area contributed by atoms with Crippen LogP contribution in [0.25, 0.3) is 0 Å². The summed E-state index contributed by atoms with van der Waals surface area (Å²) in [6, 6.07) is 4.97. The average molecular weight is 276 g/mol. The number of nitrogens with one attached hydrogen (secondary N) is 1. The second kappa shape index (κ2) is 5.97. The summed E-state index contributed by atoms with van der Waals surface area (Å²) in [4.78, 5) is 9.39. The highest BCUT2D eigenvalue weighted by molar-refractivity contribution is 5.56. The summed E-state index contributed by atoms with van der Waals surface area (Å²) in [7, 11) is 4.18. The molecule has 0 unspecified atom stereocenters. The number of anilines is 2. The van der Waals surface area contributed by atoms with Gasteiger partial charge in [0.2, 0.25) is 0 Å². The Bertz CT molecular complexity index is 453. The normalized spacial score (nSPS) is 19.4. The van der Waals surface area contributed by atoms with Gasteiger partial charge in [0.25, 0.3) is 0 Å². The van der Waals surface area contributed by atoms with Gasteiger partial charge >= 0.3 is 0 Å². The van der Waals surface area contributed by atoms with E-state index >= 15 is 0 Å². The van der Waals surface area contributed by atoms with E-state index < -0.39 is 0 Å². The summed E-state index contributed by atoms with van der Waals surface area (Å²) in [6.07, 6.45) is 2.55. The van der Waals surface area contributed by atoms with Crippen molar-refractivity contribution in [3.8, 4) is 0 Å². The van der Waals surface area contributed by atoms with Crippen molar-refractivity contribution in [2.75, 3.05) is 50.6 Å². The van der Waals surface area contributed by atoms with Crippen LogP contribution >= 0.6 is 0 Å². The molecule has 1 saturated heterocycles. The first-order valence-electron chi connectivity index (χ1n) is 7.46. The third kappa shape index (κ3) is 3.41. The van der Waals surface area contributed by atoms with Crippen molar-refractivity contribution in [2.45, 2.75) is 25.4 Å². The summed E-state index contributed by atoms with van der Waals surface area (Å²) in [5.74, 6) is 1.02. The van der Waals surface area contributed by atoms with Gasteiger partial charge < -0.3 is 19.9 Å². The molecule has 1 aromatic rings. The van der Waals surface area contributed by atoms with Gasteiger partial charge in [-0.1, -0.05) is 0 Å². The zero-order chi connectivity index (χ0) is 13.9. The van der Waals surface area contributed by atoms with Crippen molar-refractivity contribution in [3.63, 3.8) is 0 Å². The summed E-state index contributed by atoms with van der Waals surface area (Å²) >= 11 is 0. The van der Waals surface area contributed by atoms with E-state index in [4.69, 9.17) is 9.72 Å². The number of ether oxygens (including phenoxy) is 1. The predicted molar refractivity (Wildman–Crippen MR) is 81.3 cm³/mol. The summed E-state index contributed by atoms with van der Waals surface area (Å²) in [5, 5.41) is 3.49. The highest BCUT2D eigenvalue weighted by Gasteiger charge is 2.22. The van der Waals surface area contributed by atoms with Crippen LogP contribution in [0.5, 0.6) is 0 Å². The maximum absolute atomic E-state index is 5.44. The Morgan fingerprint density at radius 2 is 2.05 bits per heavy atom. The SMILES string of the molecule is CN(C)Cc1nc(NC2CC2)ccc1N1CCOCC1. The molecule has 3 rings (SSSR count). The third-order valence-electron chi connectivity index (χ3n) is 3.70. The van der Waals surface area contributed by atoms with E-state index in [-0.39, 0.29) is 0 Å². The van der Waals surface area contributed by atoms with E-state index in [9.17, 15) is 0 Å². The first kappa shape index (κ1) is 13.6. The Balaban J connectivity index is 1.81. The molecule has 110 valence electrons. The number of hydrogen-bond acceptors (Lipinski definition) is 5. The molecule has 1 saturated carbocycles. The number of pyridine rings is 1. The van der Waals surface area contributed by atoms with Crippen LogP contribution < -0.4 is 10.2 Å². The third-order valence-corrected chi connectivity index (χ3v) is 3.70. The molecule has 5 heteroatoms. The van der Waals surface area contributed by atoms with Crippen molar-refractivity contribution < 1.29 is 4.74 Å². The lowest BCUT2D eigenvalue weighted by atomic mass is 10.2. The zero-order valence-corrected chi connectivity index (χ0v) is 12.4. The highest BCUT2D eigenvalue weighted by Crippen LogP contribution is 2.27. The summed E-state index contributed by atoms with van der Waals surface area (Å²) in [5.41, 5.74) is 2.41. The van der Waals surface area contributed by atoms with Crippen molar-refractivity contribution >= 4 is 11.5 Å². The van der Waals surface area contributed by atoms with Crippen LogP contribution in [0.15, 0.2) is 12.1 Å². The predicted octanol–water partition coefficient (Wildman–Crippen LogP) is 1.55. The maximum atomic E-state index is 5.44. The van der Waals surface area contributed by atoms with Crippen LogP contribution in [-0.4, -0.2) is 56.3 Å². The van der Waals surface area contributed by atoms with Gasteiger partial charge in [0, 0.05) is 25.7 Å². The largest absolute Gasteiger partial charge is 0.378 e. The zero-order valence-electron chi connectivity index (χ0n) is 12.4. The van der Waals surface area contributed by atoms with Crippen LogP contribution in [0.2, 0.25) is 0 Å². The lowest BCUT2D eigenvalue weighted by molar-refractivity contribution is 0.122. The molecule has 1 aliphatic heterocycles. The quantitative estimate of drug-likeness (QED) is 0.884. The Hall–Kier alpha value is -1.33. The molecule has 0 spiro atoms. The Morgan fingerprint density at radius 3 is 2.70 bits per heavy atom. The first-order valence-corrected chi connectivity index (χ1v) is 7.46. The van der Waals surface area contributed by atoms with E-state index in [0.717, 1.165) is 44.4 Å². The minimum atomic E-state index is 0.643. The number of hydrogen-bond donors (Lipinski definition) is 1. The van der Waals surface area contributed by atoms with Crippen LogP contribution in [0.4, 0.5) is 11.5 Å². The smallest absolute Gasteiger partial charge is 0.126 e. The number of nitrogens with zero attached hydrogens (tertiary/aromatic N) is 3. The van der Waals surface area contributed by atoms with Crippen LogP contribution in [0.3, 0.4) is 0 Å². The van der Waals surface area contributed by atoms with Crippen molar-refractivity contribution in [2.24, 2.45) is 0 Å². The fraction of sp³-hybridized carbons (Fsp3) is 0.667.